The summed E-state index contributed by atoms with van der Waals surface area (Å²) in [6.07, 6.45) is 3.74. The summed E-state index contributed by atoms with van der Waals surface area (Å²) in [5, 5.41) is 2.95. The van der Waals surface area contributed by atoms with Gasteiger partial charge in [-0.25, -0.2) is 4.79 Å². The molecule has 1 heterocycles. The van der Waals surface area contributed by atoms with Crippen molar-refractivity contribution in [2.45, 2.75) is 33.2 Å². The number of amides is 3. The summed E-state index contributed by atoms with van der Waals surface area (Å²) >= 11 is 0. The van der Waals surface area contributed by atoms with Crippen LogP contribution in [0.5, 0.6) is 0 Å². The molecule has 0 spiro atoms. The summed E-state index contributed by atoms with van der Waals surface area (Å²) in [5.74, 6) is -0.0933. The van der Waals surface area contributed by atoms with Crippen molar-refractivity contribution in [2.24, 2.45) is 7.05 Å². The molecule has 164 valence electrons. The number of rotatable bonds is 11. The van der Waals surface area contributed by atoms with Crippen molar-refractivity contribution >= 4 is 17.6 Å². The highest BCUT2D eigenvalue weighted by molar-refractivity contribution is 5.93. The Morgan fingerprint density at radius 3 is 2.50 bits per heavy atom. The highest BCUT2D eigenvalue weighted by atomic mass is 16.5. The van der Waals surface area contributed by atoms with E-state index in [2.05, 4.69) is 12.2 Å². The average molecular weight is 415 g/mol. The molecule has 0 aliphatic rings. The highest BCUT2D eigenvalue weighted by Gasteiger charge is 2.22. The van der Waals surface area contributed by atoms with Crippen molar-refractivity contribution in [3.8, 4) is 0 Å². The Balaban J connectivity index is 2.10. The quantitative estimate of drug-likeness (QED) is 0.610. The molecule has 7 heteroatoms. The molecule has 30 heavy (non-hydrogen) atoms. The normalized spacial score (nSPS) is 10.7. The summed E-state index contributed by atoms with van der Waals surface area (Å²) in [5.41, 5.74) is 2.78. The van der Waals surface area contributed by atoms with Crippen LogP contribution in [0.15, 0.2) is 42.6 Å². The first-order valence-corrected chi connectivity index (χ1v) is 10.4. The first-order valence-electron chi connectivity index (χ1n) is 10.4. The zero-order valence-corrected chi connectivity index (χ0v) is 18.6. The molecule has 0 fully saturated rings. The van der Waals surface area contributed by atoms with E-state index >= 15 is 0 Å². The Labute approximate surface area is 179 Å². The van der Waals surface area contributed by atoms with Crippen LogP contribution in [0, 0.1) is 6.92 Å². The van der Waals surface area contributed by atoms with Crippen molar-refractivity contribution in [3.63, 3.8) is 0 Å². The van der Waals surface area contributed by atoms with Gasteiger partial charge in [-0.15, -0.1) is 0 Å². The SMILES string of the molecule is CCCCN(CC(=O)N(CCOC)Cc1cccn1C)C(=O)Nc1ccccc1C. The molecule has 0 unspecified atom stereocenters. The lowest BCUT2D eigenvalue weighted by atomic mass is 10.2. The van der Waals surface area contributed by atoms with Gasteiger partial charge < -0.3 is 24.4 Å². The third-order valence-electron chi connectivity index (χ3n) is 5.10. The lowest BCUT2D eigenvalue weighted by molar-refractivity contribution is -0.133. The maximum atomic E-state index is 13.1. The molecular weight excluding hydrogens is 380 g/mol. The molecule has 1 N–H and O–H groups in total. The van der Waals surface area contributed by atoms with E-state index in [4.69, 9.17) is 4.74 Å². The molecule has 0 saturated heterocycles. The third-order valence-corrected chi connectivity index (χ3v) is 5.10. The number of hydrogen-bond acceptors (Lipinski definition) is 3. The van der Waals surface area contributed by atoms with E-state index in [0.717, 1.165) is 29.8 Å². The third kappa shape index (κ3) is 6.91. The number of aryl methyl sites for hydroxylation is 2. The van der Waals surface area contributed by atoms with Crippen LogP contribution in [0.25, 0.3) is 0 Å². The van der Waals surface area contributed by atoms with Crippen LogP contribution < -0.4 is 5.32 Å². The molecule has 2 rings (SSSR count). The summed E-state index contributed by atoms with van der Waals surface area (Å²) < 4.78 is 7.18. The standard InChI is InChI=1S/C23H34N4O3/c1-5-6-14-27(23(29)24-21-12-8-7-10-19(21)2)18-22(28)26(15-16-30-4)17-20-11-9-13-25(20)3/h7-13H,5-6,14-18H2,1-4H3,(H,24,29). The van der Waals surface area contributed by atoms with Crippen LogP contribution in [0.3, 0.4) is 0 Å². The van der Waals surface area contributed by atoms with Crippen molar-refractivity contribution in [1.29, 1.82) is 0 Å². The van der Waals surface area contributed by atoms with E-state index in [0.29, 0.717) is 26.2 Å². The lowest BCUT2D eigenvalue weighted by Crippen LogP contribution is -2.45. The van der Waals surface area contributed by atoms with E-state index in [-0.39, 0.29) is 18.5 Å². The van der Waals surface area contributed by atoms with Crippen molar-refractivity contribution in [2.75, 3.05) is 38.7 Å². The Morgan fingerprint density at radius 2 is 1.87 bits per heavy atom. The van der Waals surface area contributed by atoms with Crippen LogP contribution in [-0.4, -0.2) is 59.7 Å². The zero-order valence-electron chi connectivity index (χ0n) is 18.6. The minimum absolute atomic E-state index is 0.0336. The second-order valence-electron chi connectivity index (χ2n) is 7.44. The average Bonchev–Trinajstić information content (AvgIpc) is 3.14. The number of methoxy groups -OCH3 is 1. The van der Waals surface area contributed by atoms with E-state index in [1.54, 1.807) is 16.9 Å². The fourth-order valence-electron chi connectivity index (χ4n) is 3.12. The smallest absolute Gasteiger partial charge is 0.322 e. The molecule has 0 atom stereocenters. The van der Waals surface area contributed by atoms with Crippen molar-refractivity contribution < 1.29 is 14.3 Å². The largest absolute Gasteiger partial charge is 0.383 e. The monoisotopic (exact) mass is 414 g/mol. The molecule has 1 aromatic carbocycles. The fourth-order valence-corrected chi connectivity index (χ4v) is 3.12. The Hall–Kier alpha value is -2.80. The van der Waals surface area contributed by atoms with Gasteiger partial charge in [-0.3, -0.25) is 4.79 Å². The number of urea groups is 1. The number of para-hydroxylation sites is 1. The molecule has 0 bridgehead atoms. The van der Waals surface area contributed by atoms with Crippen LogP contribution in [-0.2, 0) is 23.1 Å². The summed E-state index contributed by atoms with van der Waals surface area (Å²) in [6, 6.07) is 11.3. The number of carbonyl (C=O) groups is 2. The first kappa shape index (κ1) is 23.5. The van der Waals surface area contributed by atoms with Gasteiger partial charge in [-0.05, 0) is 37.1 Å². The number of unbranched alkanes of at least 4 members (excludes halogenated alkanes) is 1. The predicted molar refractivity (Wildman–Crippen MR) is 119 cm³/mol. The number of nitrogens with zero attached hydrogens (tertiary/aromatic N) is 3. The summed E-state index contributed by atoms with van der Waals surface area (Å²) in [4.78, 5) is 29.4. The molecule has 0 aliphatic heterocycles. The van der Waals surface area contributed by atoms with Gasteiger partial charge in [0.1, 0.15) is 6.54 Å². The number of benzene rings is 1. The number of aromatic nitrogens is 1. The molecule has 3 amide bonds. The second kappa shape index (κ2) is 12.0. The molecule has 0 radical (unpaired) electrons. The number of carbonyl (C=O) groups excluding carboxylic acids is 2. The maximum Gasteiger partial charge on any atom is 0.322 e. The first-order chi connectivity index (χ1) is 14.5. The lowest BCUT2D eigenvalue weighted by Gasteiger charge is -2.28. The van der Waals surface area contributed by atoms with Gasteiger partial charge in [0.05, 0.1) is 13.2 Å². The number of hydrogen-bond donors (Lipinski definition) is 1. The van der Waals surface area contributed by atoms with Crippen molar-refractivity contribution in [3.05, 3.63) is 53.9 Å². The van der Waals surface area contributed by atoms with E-state index in [1.165, 1.54) is 0 Å². The number of ether oxygens (including phenoxy) is 1. The van der Waals surface area contributed by atoms with Gasteiger partial charge >= 0.3 is 6.03 Å². The van der Waals surface area contributed by atoms with Crippen LogP contribution >= 0.6 is 0 Å². The molecule has 0 saturated carbocycles. The molecule has 0 aliphatic carbocycles. The minimum Gasteiger partial charge on any atom is -0.383 e. The van der Waals surface area contributed by atoms with Crippen LogP contribution in [0.2, 0.25) is 0 Å². The van der Waals surface area contributed by atoms with E-state index in [9.17, 15) is 9.59 Å². The Kier molecular flexibility index (Phi) is 9.41. The Bertz CT molecular complexity index is 818. The van der Waals surface area contributed by atoms with Crippen LogP contribution in [0.1, 0.15) is 31.0 Å². The molecule has 2 aromatic rings. The molecule has 1 aromatic heterocycles. The van der Waals surface area contributed by atoms with Gasteiger partial charge in [0.15, 0.2) is 0 Å². The minimum atomic E-state index is -0.253. The van der Waals surface area contributed by atoms with Gasteiger partial charge in [0, 0.05) is 44.8 Å². The van der Waals surface area contributed by atoms with Crippen LogP contribution in [0.4, 0.5) is 10.5 Å². The van der Waals surface area contributed by atoms with Gasteiger partial charge in [0.25, 0.3) is 0 Å². The number of nitrogens with one attached hydrogen (secondary N) is 1. The maximum absolute atomic E-state index is 13.1. The Morgan fingerprint density at radius 1 is 1.10 bits per heavy atom. The molecule has 7 nitrogen and oxygen atoms in total. The zero-order chi connectivity index (χ0) is 21.9. The van der Waals surface area contributed by atoms with E-state index < -0.39 is 0 Å². The van der Waals surface area contributed by atoms with Gasteiger partial charge in [-0.1, -0.05) is 31.5 Å². The topological polar surface area (TPSA) is 66.8 Å². The highest BCUT2D eigenvalue weighted by Crippen LogP contribution is 2.14. The van der Waals surface area contributed by atoms with E-state index in [1.807, 2.05) is 61.1 Å². The fraction of sp³-hybridized carbons (Fsp3) is 0.478. The van der Waals surface area contributed by atoms with Gasteiger partial charge in [-0.2, -0.15) is 0 Å². The number of anilines is 1. The predicted octanol–water partition coefficient (Wildman–Crippen LogP) is 3.64. The summed E-state index contributed by atoms with van der Waals surface area (Å²) in [6.45, 7) is 5.98. The van der Waals surface area contributed by atoms with Crippen molar-refractivity contribution in [1.82, 2.24) is 14.4 Å². The summed E-state index contributed by atoms with van der Waals surface area (Å²) in [7, 11) is 3.58. The second-order valence-corrected chi connectivity index (χ2v) is 7.44. The molecular formula is C23H34N4O3. The van der Waals surface area contributed by atoms with Gasteiger partial charge in [0.2, 0.25) is 5.91 Å².